The van der Waals surface area contributed by atoms with Gasteiger partial charge in [-0.15, -0.1) is 0 Å². The van der Waals surface area contributed by atoms with E-state index in [9.17, 15) is 9.59 Å². The van der Waals surface area contributed by atoms with E-state index in [1.165, 1.54) is 18.2 Å². The fourth-order valence-corrected chi connectivity index (χ4v) is 1.70. The Morgan fingerprint density at radius 1 is 1.10 bits per heavy atom. The fourth-order valence-electron chi connectivity index (χ4n) is 1.70. The lowest BCUT2D eigenvalue weighted by Gasteiger charge is -2.10. The summed E-state index contributed by atoms with van der Waals surface area (Å²) in [6, 6.07) is 11.0. The average Bonchev–Trinajstić information content (AvgIpc) is 2.39. The minimum absolute atomic E-state index is 0.0783. The first kappa shape index (κ1) is 13.6. The van der Waals surface area contributed by atoms with Crippen LogP contribution in [0.1, 0.15) is 26.3 Å². The van der Waals surface area contributed by atoms with Gasteiger partial charge in [-0.25, -0.2) is 4.79 Å². The first-order chi connectivity index (χ1) is 9.47. The van der Waals surface area contributed by atoms with Gasteiger partial charge >= 0.3 is 5.97 Å². The Balaban J connectivity index is 2.31. The lowest BCUT2D eigenvalue weighted by molar-refractivity contribution is 0.0694. The van der Waals surface area contributed by atoms with E-state index in [0.717, 1.165) is 5.56 Å². The van der Waals surface area contributed by atoms with Crippen molar-refractivity contribution in [2.75, 3.05) is 0 Å². The van der Waals surface area contributed by atoms with Crippen LogP contribution in [-0.4, -0.2) is 17.0 Å². The summed E-state index contributed by atoms with van der Waals surface area (Å²) in [4.78, 5) is 22.1. The van der Waals surface area contributed by atoms with Crippen molar-refractivity contribution in [2.24, 2.45) is 5.73 Å². The lowest BCUT2D eigenvalue weighted by atomic mass is 10.1. The van der Waals surface area contributed by atoms with E-state index in [-0.39, 0.29) is 11.3 Å². The molecule has 0 aliphatic heterocycles. The van der Waals surface area contributed by atoms with E-state index in [4.69, 9.17) is 15.6 Å². The van der Waals surface area contributed by atoms with E-state index >= 15 is 0 Å². The maximum Gasteiger partial charge on any atom is 0.339 e. The van der Waals surface area contributed by atoms with Crippen molar-refractivity contribution in [1.82, 2.24) is 0 Å². The number of hydrogen-bond donors (Lipinski definition) is 2. The highest BCUT2D eigenvalue weighted by Crippen LogP contribution is 2.26. The molecule has 0 bridgehead atoms. The fraction of sp³-hybridized carbons (Fsp3) is 0.0667. The van der Waals surface area contributed by atoms with Crippen molar-refractivity contribution in [3.63, 3.8) is 0 Å². The molecule has 0 spiro atoms. The topological polar surface area (TPSA) is 89.6 Å². The summed E-state index contributed by atoms with van der Waals surface area (Å²) in [7, 11) is 0. The average molecular weight is 271 g/mol. The van der Waals surface area contributed by atoms with Gasteiger partial charge < -0.3 is 15.6 Å². The third kappa shape index (κ3) is 2.95. The zero-order valence-electron chi connectivity index (χ0n) is 10.8. The number of hydrogen-bond acceptors (Lipinski definition) is 3. The molecule has 20 heavy (non-hydrogen) atoms. The molecule has 1 amide bonds. The van der Waals surface area contributed by atoms with Crippen LogP contribution in [0.5, 0.6) is 11.5 Å². The smallest absolute Gasteiger partial charge is 0.339 e. The molecule has 0 atom stereocenters. The number of carbonyl (C=O) groups excluding carboxylic acids is 1. The van der Waals surface area contributed by atoms with E-state index in [2.05, 4.69) is 0 Å². The van der Waals surface area contributed by atoms with Crippen molar-refractivity contribution < 1.29 is 19.4 Å². The predicted molar refractivity (Wildman–Crippen MR) is 73.2 cm³/mol. The molecule has 2 aromatic rings. The number of nitrogens with two attached hydrogens (primary N) is 1. The number of ether oxygens (including phenoxy) is 1. The number of carbonyl (C=O) groups is 2. The summed E-state index contributed by atoms with van der Waals surface area (Å²) in [6.45, 7) is 1.84. The van der Waals surface area contributed by atoms with Crippen LogP contribution in [0, 0.1) is 6.92 Å². The summed E-state index contributed by atoms with van der Waals surface area (Å²) in [6.07, 6.45) is 0. The number of carboxylic acid groups (broad SMARTS) is 1. The summed E-state index contributed by atoms with van der Waals surface area (Å²) >= 11 is 0. The van der Waals surface area contributed by atoms with Crippen molar-refractivity contribution >= 4 is 11.9 Å². The first-order valence-electron chi connectivity index (χ1n) is 5.89. The van der Waals surface area contributed by atoms with E-state index in [1.54, 1.807) is 24.3 Å². The Morgan fingerprint density at radius 3 is 2.30 bits per heavy atom. The van der Waals surface area contributed by atoms with Crippen LogP contribution in [0.3, 0.4) is 0 Å². The zero-order chi connectivity index (χ0) is 14.7. The maximum absolute atomic E-state index is 11.1. The van der Waals surface area contributed by atoms with Crippen LogP contribution in [0.15, 0.2) is 42.5 Å². The van der Waals surface area contributed by atoms with Crippen LogP contribution in [0.25, 0.3) is 0 Å². The molecule has 0 aliphatic carbocycles. The Hall–Kier alpha value is -2.82. The predicted octanol–water partition coefficient (Wildman–Crippen LogP) is 2.58. The number of carboxylic acids is 1. The summed E-state index contributed by atoms with van der Waals surface area (Å²) in [5.74, 6) is -0.903. The van der Waals surface area contributed by atoms with Gasteiger partial charge in [0.05, 0.1) is 0 Å². The van der Waals surface area contributed by atoms with Gasteiger partial charge in [-0.05, 0) is 48.9 Å². The number of aromatic carboxylic acids is 1. The van der Waals surface area contributed by atoms with Crippen molar-refractivity contribution in [1.29, 1.82) is 0 Å². The van der Waals surface area contributed by atoms with Crippen LogP contribution in [-0.2, 0) is 0 Å². The van der Waals surface area contributed by atoms with Crippen molar-refractivity contribution in [3.8, 4) is 11.5 Å². The van der Waals surface area contributed by atoms with E-state index in [0.29, 0.717) is 11.3 Å². The van der Waals surface area contributed by atoms with Gasteiger partial charge in [0.15, 0.2) is 0 Å². The molecule has 102 valence electrons. The number of aryl methyl sites for hydroxylation is 1. The van der Waals surface area contributed by atoms with Gasteiger partial charge in [-0.1, -0.05) is 6.07 Å². The molecule has 5 heteroatoms. The van der Waals surface area contributed by atoms with E-state index < -0.39 is 11.9 Å². The highest BCUT2D eigenvalue weighted by Gasteiger charge is 2.12. The molecular formula is C15H13NO4. The molecule has 3 N–H and O–H groups in total. The molecule has 0 aromatic heterocycles. The molecule has 5 nitrogen and oxygen atoms in total. The Kier molecular flexibility index (Phi) is 3.70. The first-order valence-corrected chi connectivity index (χ1v) is 5.89. The van der Waals surface area contributed by atoms with Gasteiger partial charge in [-0.3, -0.25) is 4.79 Å². The second-order valence-electron chi connectivity index (χ2n) is 4.30. The standard InChI is InChI=1S/C15H13NO4/c1-9-2-7-12(15(18)19)13(8-9)20-11-5-3-10(4-6-11)14(16)17/h2-8H,1H3,(H2,16,17)(H,18,19). The van der Waals surface area contributed by atoms with E-state index in [1.807, 2.05) is 6.92 Å². The highest BCUT2D eigenvalue weighted by atomic mass is 16.5. The molecule has 0 heterocycles. The molecule has 0 unspecified atom stereocenters. The van der Waals surface area contributed by atoms with Gasteiger partial charge in [0, 0.05) is 5.56 Å². The molecular weight excluding hydrogens is 258 g/mol. The number of amides is 1. The van der Waals surface area contributed by atoms with Crippen LogP contribution in [0.4, 0.5) is 0 Å². The second-order valence-corrected chi connectivity index (χ2v) is 4.30. The number of primary amides is 1. The third-order valence-electron chi connectivity index (χ3n) is 2.73. The minimum atomic E-state index is -1.06. The largest absolute Gasteiger partial charge is 0.478 e. The summed E-state index contributed by atoms with van der Waals surface area (Å²) in [5, 5.41) is 9.11. The lowest BCUT2D eigenvalue weighted by Crippen LogP contribution is -2.10. The van der Waals surface area contributed by atoms with Gasteiger partial charge in [0.1, 0.15) is 17.1 Å². The van der Waals surface area contributed by atoms with Crippen LogP contribution >= 0.6 is 0 Å². The molecule has 0 saturated heterocycles. The Labute approximate surface area is 115 Å². The third-order valence-corrected chi connectivity index (χ3v) is 2.73. The molecule has 0 saturated carbocycles. The quantitative estimate of drug-likeness (QED) is 0.894. The second kappa shape index (κ2) is 5.44. The summed E-state index contributed by atoms with van der Waals surface area (Å²) < 4.78 is 5.55. The molecule has 0 aliphatic rings. The Morgan fingerprint density at radius 2 is 1.75 bits per heavy atom. The van der Waals surface area contributed by atoms with Crippen LogP contribution < -0.4 is 10.5 Å². The molecule has 0 radical (unpaired) electrons. The minimum Gasteiger partial charge on any atom is -0.478 e. The monoisotopic (exact) mass is 271 g/mol. The highest BCUT2D eigenvalue weighted by molar-refractivity contribution is 5.93. The zero-order valence-corrected chi connectivity index (χ0v) is 10.8. The van der Waals surface area contributed by atoms with Gasteiger partial charge in [0.25, 0.3) is 0 Å². The van der Waals surface area contributed by atoms with Gasteiger partial charge in [-0.2, -0.15) is 0 Å². The normalized spacial score (nSPS) is 10.1. The van der Waals surface area contributed by atoms with Crippen molar-refractivity contribution in [2.45, 2.75) is 6.92 Å². The number of rotatable bonds is 4. The Bertz CT molecular complexity index is 662. The summed E-state index contributed by atoms with van der Waals surface area (Å²) in [5.41, 5.74) is 6.47. The van der Waals surface area contributed by atoms with Crippen molar-refractivity contribution in [3.05, 3.63) is 59.2 Å². The molecule has 2 aromatic carbocycles. The van der Waals surface area contributed by atoms with Crippen LogP contribution in [0.2, 0.25) is 0 Å². The molecule has 0 fully saturated rings. The number of benzene rings is 2. The SMILES string of the molecule is Cc1ccc(C(=O)O)c(Oc2ccc(C(N)=O)cc2)c1. The molecule has 2 rings (SSSR count). The maximum atomic E-state index is 11.1. The van der Waals surface area contributed by atoms with Gasteiger partial charge in [0.2, 0.25) is 5.91 Å².